The molecule has 4 rings (SSSR count). The van der Waals surface area contributed by atoms with Crippen LogP contribution in [0.2, 0.25) is 0 Å². The van der Waals surface area contributed by atoms with Gasteiger partial charge in [-0.3, -0.25) is 14.5 Å². The van der Waals surface area contributed by atoms with Crippen LogP contribution >= 0.6 is 11.8 Å². The van der Waals surface area contributed by atoms with Gasteiger partial charge < -0.3 is 14.8 Å². The number of hydrogen-bond donors (Lipinski definition) is 1. The number of aliphatic imine (C=N–C) groups is 1. The monoisotopic (exact) mass is 497 g/mol. The highest BCUT2D eigenvalue weighted by Gasteiger charge is 2.41. The van der Waals surface area contributed by atoms with Crippen molar-refractivity contribution < 1.29 is 27.8 Å². The van der Waals surface area contributed by atoms with Crippen LogP contribution in [0.5, 0.6) is 11.5 Å². The molecule has 1 aliphatic heterocycles. The second kappa shape index (κ2) is 10.6. The van der Waals surface area contributed by atoms with E-state index in [1.807, 2.05) is 0 Å². The molecule has 7 nitrogen and oxygen atoms in total. The Bertz CT molecular complexity index is 1300. The third kappa shape index (κ3) is 5.27. The number of ether oxygens (including phenoxy) is 2. The molecule has 1 aliphatic rings. The van der Waals surface area contributed by atoms with E-state index in [2.05, 4.69) is 10.3 Å². The summed E-state index contributed by atoms with van der Waals surface area (Å²) >= 11 is 1.10. The Balaban J connectivity index is 1.65. The van der Waals surface area contributed by atoms with E-state index in [9.17, 15) is 18.4 Å². The molecule has 35 heavy (non-hydrogen) atoms. The van der Waals surface area contributed by atoms with Crippen LogP contribution in [0, 0.1) is 11.6 Å². The van der Waals surface area contributed by atoms with Gasteiger partial charge in [-0.1, -0.05) is 36.0 Å². The van der Waals surface area contributed by atoms with Gasteiger partial charge in [-0.15, -0.1) is 0 Å². The van der Waals surface area contributed by atoms with Crippen molar-refractivity contribution in [2.45, 2.75) is 11.7 Å². The molecule has 0 aromatic heterocycles. The van der Waals surface area contributed by atoms with Gasteiger partial charge in [-0.25, -0.2) is 13.8 Å². The number of halogens is 2. The van der Waals surface area contributed by atoms with Crippen LogP contribution < -0.4 is 19.7 Å². The summed E-state index contributed by atoms with van der Waals surface area (Å²) < 4.78 is 37.9. The third-order valence-corrected chi connectivity index (χ3v) is 6.28. The van der Waals surface area contributed by atoms with Gasteiger partial charge in [0.05, 0.1) is 25.6 Å². The molecule has 1 fully saturated rings. The maximum Gasteiger partial charge on any atom is 0.247 e. The fourth-order valence-corrected chi connectivity index (χ4v) is 4.64. The lowest BCUT2D eigenvalue weighted by Gasteiger charge is -2.19. The van der Waals surface area contributed by atoms with E-state index < -0.39 is 22.8 Å². The predicted octanol–water partition coefficient (Wildman–Crippen LogP) is 5.15. The van der Waals surface area contributed by atoms with Gasteiger partial charge >= 0.3 is 0 Å². The summed E-state index contributed by atoms with van der Waals surface area (Å²) in [4.78, 5) is 32.1. The maximum absolute atomic E-state index is 14.0. The third-order valence-electron chi connectivity index (χ3n) is 5.14. The fourth-order valence-electron chi connectivity index (χ4n) is 3.50. The smallest absolute Gasteiger partial charge is 0.247 e. The lowest BCUT2D eigenvalue weighted by Crippen LogP contribution is -2.33. The zero-order chi connectivity index (χ0) is 24.9. The Hall–Kier alpha value is -3.92. The number of amidine groups is 1. The number of benzene rings is 3. The minimum atomic E-state index is -0.905. The second-order valence-electron chi connectivity index (χ2n) is 7.39. The van der Waals surface area contributed by atoms with E-state index in [0.29, 0.717) is 34.1 Å². The fraction of sp³-hybridized carbons (Fsp3) is 0.160. The number of rotatable bonds is 7. The number of anilines is 2. The Morgan fingerprint density at radius 3 is 2.43 bits per heavy atom. The summed E-state index contributed by atoms with van der Waals surface area (Å²) in [5, 5.41) is 1.89. The minimum Gasteiger partial charge on any atom is -0.495 e. The molecule has 0 radical (unpaired) electrons. The molecule has 1 N–H and O–H groups in total. The SMILES string of the molecule is COc1ccccc1N=C1SC(CC(=O)Nc2ccc(F)cc2F)C(=O)N1c1ccccc1OC. The Morgan fingerprint density at radius 2 is 1.71 bits per heavy atom. The number of methoxy groups -OCH3 is 2. The van der Waals surface area contributed by atoms with Gasteiger partial charge in [-0.2, -0.15) is 0 Å². The van der Waals surface area contributed by atoms with Crippen LogP contribution in [-0.4, -0.2) is 36.5 Å². The number of nitrogens with one attached hydrogen (secondary N) is 1. The summed E-state index contributed by atoms with van der Waals surface area (Å²) in [6.45, 7) is 0. The quantitative estimate of drug-likeness (QED) is 0.489. The van der Waals surface area contributed by atoms with Crippen LogP contribution in [-0.2, 0) is 9.59 Å². The lowest BCUT2D eigenvalue weighted by atomic mass is 10.2. The first-order valence-corrected chi connectivity index (χ1v) is 11.4. The Kier molecular flexibility index (Phi) is 7.31. The van der Waals surface area contributed by atoms with Crippen LogP contribution in [0.15, 0.2) is 71.7 Å². The van der Waals surface area contributed by atoms with Crippen molar-refractivity contribution in [3.05, 3.63) is 78.4 Å². The highest BCUT2D eigenvalue weighted by Crippen LogP contribution is 2.40. The summed E-state index contributed by atoms with van der Waals surface area (Å²) in [7, 11) is 3.01. The van der Waals surface area contributed by atoms with Crippen LogP contribution in [0.3, 0.4) is 0 Å². The summed E-state index contributed by atoms with van der Waals surface area (Å²) in [6.07, 6.45) is -0.253. The van der Waals surface area contributed by atoms with Crippen molar-refractivity contribution in [2.75, 3.05) is 24.4 Å². The highest BCUT2D eigenvalue weighted by molar-refractivity contribution is 8.16. The molecular weight excluding hydrogens is 476 g/mol. The molecule has 1 heterocycles. The molecular formula is C25H21F2N3O4S. The maximum atomic E-state index is 14.0. The van der Waals surface area contributed by atoms with E-state index in [-0.39, 0.29) is 18.0 Å². The van der Waals surface area contributed by atoms with Crippen molar-refractivity contribution in [1.82, 2.24) is 0 Å². The van der Waals surface area contributed by atoms with Crippen LogP contribution in [0.1, 0.15) is 6.42 Å². The van der Waals surface area contributed by atoms with Crippen LogP contribution in [0.4, 0.5) is 25.8 Å². The second-order valence-corrected chi connectivity index (χ2v) is 8.56. The average Bonchev–Trinajstić information content (AvgIpc) is 3.15. The summed E-state index contributed by atoms with van der Waals surface area (Å²) in [6, 6.07) is 16.9. The van der Waals surface area contributed by atoms with E-state index in [1.165, 1.54) is 19.1 Å². The molecule has 0 spiro atoms. The predicted molar refractivity (Wildman–Crippen MR) is 132 cm³/mol. The minimum absolute atomic E-state index is 0.170. The molecule has 0 bridgehead atoms. The van der Waals surface area contributed by atoms with Gasteiger partial charge in [0.2, 0.25) is 11.8 Å². The van der Waals surface area contributed by atoms with Gasteiger partial charge in [-0.05, 0) is 36.4 Å². The van der Waals surface area contributed by atoms with Gasteiger partial charge in [0.25, 0.3) is 0 Å². The van der Waals surface area contributed by atoms with E-state index in [4.69, 9.17) is 9.47 Å². The molecule has 10 heteroatoms. The van der Waals surface area contributed by atoms with Crippen molar-refractivity contribution >= 4 is 45.8 Å². The van der Waals surface area contributed by atoms with Crippen molar-refractivity contribution in [3.8, 4) is 11.5 Å². The molecule has 0 saturated carbocycles. The zero-order valence-corrected chi connectivity index (χ0v) is 19.6. The van der Waals surface area contributed by atoms with E-state index in [0.717, 1.165) is 23.9 Å². The molecule has 1 unspecified atom stereocenters. The number of thioether (sulfide) groups is 1. The first-order valence-electron chi connectivity index (χ1n) is 10.5. The number of carbonyl (C=O) groups excluding carboxylic acids is 2. The van der Waals surface area contributed by atoms with Crippen molar-refractivity contribution in [2.24, 2.45) is 4.99 Å². The van der Waals surface area contributed by atoms with Crippen molar-refractivity contribution in [3.63, 3.8) is 0 Å². The normalized spacial score (nSPS) is 16.5. The topological polar surface area (TPSA) is 80.2 Å². The molecule has 0 aliphatic carbocycles. The van der Waals surface area contributed by atoms with E-state index >= 15 is 0 Å². The molecule has 3 aromatic rings. The number of carbonyl (C=O) groups is 2. The van der Waals surface area contributed by atoms with Crippen LogP contribution in [0.25, 0.3) is 0 Å². The average molecular weight is 498 g/mol. The zero-order valence-electron chi connectivity index (χ0n) is 18.8. The highest BCUT2D eigenvalue weighted by atomic mass is 32.2. The first-order chi connectivity index (χ1) is 16.9. The molecule has 1 atom stereocenters. The van der Waals surface area contributed by atoms with Gasteiger partial charge in [0.15, 0.2) is 5.17 Å². The first kappa shape index (κ1) is 24.2. The molecule has 1 saturated heterocycles. The number of para-hydroxylation sites is 4. The van der Waals surface area contributed by atoms with Gasteiger partial charge in [0, 0.05) is 12.5 Å². The molecule has 180 valence electrons. The Labute approximate surface area is 204 Å². The van der Waals surface area contributed by atoms with E-state index in [1.54, 1.807) is 48.5 Å². The number of hydrogen-bond acceptors (Lipinski definition) is 6. The van der Waals surface area contributed by atoms with Gasteiger partial charge in [0.1, 0.15) is 34.1 Å². The molecule has 2 amide bonds. The largest absolute Gasteiger partial charge is 0.495 e. The summed E-state index contributed by atoms with van der Waals surface area (Å²) in [5.41, 5.74) is 0.800. The standard InChI is InChI=1S/C25H21F2N3O4S/c1-33-20-9-5-3-7-18(20)29-25-30(19-8-4-6-10-21(19)34-2)24(32)22(35-25)14-23(31)28-17-12-11-15(26)13-16(17)27/h3-13,22H,14H2,1-2H3,(H,28,31). The van der Waals surface area contributed by atoms with Crippen molar-refractivity contribution in [1.29, 1.82) is 0 Å². The Morgan fingerprint density at radius 1 is 1.03 bits per heavy atom. The number of amides is 2. The molecule has 3 aromatic carbocycles. The summed E-state index contributed by atoms with van der Waals surface area (Å²) in [5.74, 6) is -1.68. The lowest BCUT2D eigenvalue weighted by molar-refractivity contribution is -0.121. The number of nitrogens with zero attached hydrogens (tertiary/aromatic N) is 2.